The van der Waals surface area contributed by atoms with Crippen molar-refractivity contribution < 1.29 is 0 Å². The summed E-state index contributed by atoms with van der Waals surface area (Å²) in [5, 5.41) is 7.63. The van der Waals surface area contributed by atoms with Crippen LogP contribution in [0.4, 0.5) is 17.1 Å². The van der Waals surface area contributed by atoms with Gasteiger partial charge < -0.3 is 18.6 Å². The fourth-order valence-electron chi connectivity index (χ4n) is 13.3. The molecule has 3 aliphatic heterocycles. The van der Waals surface area contributed by atoms with E-state index in [1.165, 1.54) is 116 Å². The van der Waals surface area contributed by atoms with Gasteiger partial charge in [-0.25, -0.2) is 0 Å². The highest BCUT2D eigenvalue weighted by Gasteiger charge is 2.40. The van der Waals surface area contributed by atoms with Crippen molar-refractivity contribution in [3.05, 3.63) is 215 Å². The first-order valence-electron chi connectivity index (χ1n) is 23.9. The van der Waals surface area contributed by atoms with E-state index in [2.05, 4.69) is 242 Å². The van der Waals surface area contributed by atoms with Crippen LogP contribution in [0.2, 0.25) is 0 Å². The van der Waals surface area contributed by atoms with E-state index in [1.807, 2.05) is 0 Å². The van der Waals surface area contributed by atoms with Crippen LogP contribution in [-0.4, -0.2) is 13.7 Å². The number of aromatic nitrogens is 3. The van der Waals surface area contributed by atoms with E-state index in [-0.39, 0.29) is 16.2 Å². The van der Waals surface area contributed by atoms with Crippen LogP contribution in [0.3, 0.4) is 0 Å². The lowest BCUT2D eigenvalue weighted by Gasteiger charge is -2.38. The van der Waals surface area contributed by atoms with Crippen molar-refractivity contribution in [1.82, 2.24) is 13.7 Å². The van der Waals surface area contributed by atoms with Gasteiger partial charge in [-0.1, -0.05) is 151 Å². The van der Waals surface area contributed by atoms with Crippen molar-refractivity contribution in [2.45, 2.75) is 57.8 Å². The van der Waals surface area contributed by atoms with Crippen molar-refractivity contribution >= 4 is 82.5 Å². The molecule has 12 aromatic rings. The van der Waals surface area contributed by atoms with Gasteiger partial charge in [0.1, 0.15) is 0 Å². The van der Waals surface area contributed by atoms with E-state index in [0.29, 0.717) is 0 Å². The number of benzene rings is 9. The molecular formula is C63H48N4. The minimum absolute atomic E-state index is 0.273. The summed E-state index contributed by atoms with van der Waals surface area (Å²) >= 11 is 0. The van der Waals surface area contributed by atoms with E-state index in [0.717, 1.165) is 17.1 Å². The molecule has 0 radical (unpaired) electrons. The molecule has 15 rings (SSSR count). The van der Waals surface area contributed by atoms with Crippen molar-refractivity contribution in [2.75, 3.05) is 4.90 Å². The van der Waals surface area contributed by atoms with Crippen LogP contribution < -0.4 is 4.90 Å². The lowest BCUT2D eigenvalue weighted by atomic mass is 9.74. The van der Waals surface area contributed by atoms with E-state index in [9.17, 15) is 0 Å². The molecule has 4 heteroatoms. The molecule has 0 saturated carbocycles. The lowest BCUT2D eigenvalue weighted by Crippen LogP contribution is -2.28. The first-order chi connectivity index (χ1) is 32.5. The van der Waals surface area contributed by atoms with Crippen LogP contribution in [0.25, 0.3) is 82.5 Å². The van der Waals surface area contributed by atoms with Gasteiger partial charge in [-0.05, 0) is 106 Å². The molecule has 67 heavy (non-hydrogen) atoms. The number of fused-ring (bicyclic) bond motifs is 15. The third-order valence-corrected chi connectivity index (χ3v) is 16.5. The van der Waals surface area contributed by atoms with Crippen LogP contribution in [0, 0.1) is 0 Å². The Morgan fingerprint density at radius 1 is 0.284 bits per heavy atom. The highest BCUT2D eigenvalue weighted by molar-refractivity contribution is 6.17. The zero-order valence-electron chi connectivity index (χ0n) is 38.6. The first kappa shape index (κ1) is 37.4. The Hall–Kier alpha value is -7.82. The van der Waals surface area contributed by atoms with Gasteiger partial charge in [-0.15, -0.1) is 0 Å². The fraction of sp³-hybridized carbons (Fsp3) is 0.143. The minimum atomic E-state index is -0.273. The zero-order valence-corrected chi connectivity index (χ0v) is 38.6. The van der Waals surface area contributed by atoms with Crippen molar-refractivity contribution in [1.29, 1.82) is 0 Å². The van der Waals surface area contributed by atoms with Crippen LogP contribution in [0.15, 0.2) is 182 Å². The summed E-state index contributed by atoms with van der Waals surface area (Å²) < 4.78 is 7.60. The maximum atomic E-state index is 2.62. The van der Waals surface area contributed by atoms with Gasteiger partial charge in [-0.2, -0.15) is 0 Å². The van der Waals surface area contributed by atoms with Crippen molar-refractivity contribution in [3.63, 3.8) is 0 Å². The Balaban J connectivity index is 1.11. The molecule has 9 aromatic carbocycles. The minimum Gasteiger partial charge on any atom is -0.310 e. The number of hydrogen-bond acceptors (Lipinski definition) is 1. The monoisotopic (exact) mass is 860 g/mol. The van der Waals surface area contributed by atoms with Gasteiger partial charge >= 0.3 is 0 Å². The summed E-state index contributed by atoms with van der Waals surface area (Å²) in [4.78, 5) is 2.62. The molecule has 0 amide bonds. The van der Waals surface area contributed by atoms with Gasteiger partial charge in [0.15, 0.2) is 0 Å². The molecule has 0 saturated heterocycles. The maximum Gasteiger partial charge on any atom is 0.0583 e. The molecule has 3 aliphatic rings. The highest BCUT2D eigenvalue weighted by atomic mass is 15.2. The topological polar surface area (TPSA) is 18.0 Å². The molecule has 0 atom stereocenters. The second-order valence-corrected chi connectivity index (χ2v) is 21.0. The Labute approximate surface area is 389 Å². The number of rotatable bonds is 3. The summed E-state index contributed by atoms with van der Waals surface area (Å²) in [6, 6.07) is 69.3. The molecule has 0 bridgehead atoms. The predicted octanol–water partition coefficient (Wildman–Crippen LogP) is 16.4. The average molecular weight is 861 g/mol. The first-order valence-corrected chi connectivity index (χ1v) is 23.9. The average Bonchev–Trinajstić information content (AvgIpc) is 3.98. The normalized spacial score (nSPS) is 15.7. The van der Waals surface area contributed by atoms with Gasteiger partial charge in [0, 0.05) is 65.6 Å². The molecule has 320 valence electrons. The van der Waals surface area contributed by atoms with Crippen LogP contribution >= 0.6 is 0 Å². The van der Waals surface area contributed by atoms with E-state index in [4.69, 9.17) is 0 Å². The van der Waals surface area contributed by atoms with Gasteiger partial charge in [-0.3, -0.25) is 0 Å². The van der Waals surface area contributed by atoms with Crippen LogP contribution in [-0.2, 0) is 16.2 Å². The number of hydrogen-bond donors (Lipinski definition) is 0. The third kappa shape index (κ3) is 4.49. The third-order valence-electron chi connectivity index (χ3n) is 16.5. The smallest absolute Gasteiger partial charge is 0.0583 e. The van der Waals surface area contributed by atoms with Crippen LogP contribution in [0.5, 0.6) is 0 Å². The number of anilines is 3. The summed E-state index contributed by atoms with van der Waals surface area (Å²) in [7, 11) is 0. The standard InChI is InChI=1S/C63H48N4/c1-61(2)46-22-10-16-28-55(46)65-52-25-13-7-19-40(52)43-31-37(34-49(61)58(43)65)64(38-32-44-41-20-8-14-26-53(41)66-56-29-17-11-23-47(56)62(3,4)50(35-38)59(44)66)39-33-45-42-21-9-15-27-54(42)67-57-30-18-12-24-48(57)63(5,6)51(36-39)60(45)67/h7-36H,1-6H3. The van der Waals surface area contributed by atoms with Gasteiger partial charge in [0.05, 0.1) is 50.2 Å². The molecule has 0 unspecified atom stereocenters. The van der Waals surface area contributed by atoms with E-state index < -0.39 is 0 Å². The van der Waals surface area contributed by atoms with E-state index >= 15 is 0 Å². The van der Waals surface area contributed by atoms with Gasteiger partial charge in [0.2, 0.25) is 0 Å². The summed E-state index contributed by atoms with van der Waals surface area (Å²) in [5.41, 5.74) is 22.1. The molecule has 0 fully saturated rings. The largest absolute Gasteiger partial charge is 0.310 e. The Bertz CT molecular complexity index is 3770. The molecular weight excluding hydrogens is 813 g/mol. The van der Waals surface area contributed by atoms with Crippen molar-refractivity contribution in [3.8, 4) is 17.1 Å². The SMILES string of the molecule is CC1(C)c2ccccc2-n2c3ccccc3c3cc(N(c4cc5c6c(c4)c4ccccc4n6-c4ccccc4C5(C)C)c4cc5c6c(c4)c4ccccc4n6-c4ccccc4C5(C)C)cc1c32. The van der Waals surface area contributed by atoms with Crippen LogP contribution in [0.1, 0.15) is 74.9 Å². The predicted molar refractivity (Wildman–Crippen MR) is 281 cm³/mol. The Kier molecular flexibility index (Phi) is 6.89. The molecule has 0 N–H and O–H groups in total. The second kappa shape index (κ2) is 12.3. The van der Waals surface area contributed by atoms with Gasteiger partial charge in [0.25, 0.3) is 0 Å². The maximum absolute atomic E-state index is 2.62. The molecule has 0 aliphatic carbocycles. The zero-order chi connectivity index (χ0) is 44.9. The molecule has 0 spiro atoms. The summed E-state index contributed by atoms with van der Waals surface area (Å²) in [6.45, 7) is 14.5. The van der Waals surface area contributed by atoms with E-state index in [1.54, 1.807) is 0 Å². The molecule has 6 heterocycles. The Morgan fingerprint density at radius 3 is 0.866 bits per heavy atom. The molecule has 3 aromatic heterocycles. The Morgan fingerprint density at radius 2 is 0.552 bits per heavy atom. The number of para-hydroxylation sites is 6. The number of nitrogens with zero attached hydrogens (tertiary/aromatic N) is 4. The lowest BCUT2D eigenvalue weighted by molar-refractivity contribution is 0.629. The quantitative estimate of drug-likeness (QED) is 0.173. The highest BCUT2D eigenvalue weighted by Crippen LogP contribution is 2.55. The fourth-order valence-corrected chi connectivity index (χ4v) is 13.3. The summed E-state index contributed by atoms with van der Waals surface area (Å²) in [5.74, 6) is 0. The second-order valence-electron chi connectivity index (χ2n) is 21.0. The van der Waals surface area contributed by atoms with Crippen molar-refractivity contribution in [2.24, 2.45) is 0 Å². The summed E-state index contributed by atoms with van der Waals surface area (Å²) in [6.07, 6.45) is 0. The molecule has 4 nitrogen and oxygen atoms in total.